The van der Waals surface area contributed by atoms with E-state index in [1.807, 2.05) is 29.8 Å². The van der Waals surface area contributed by atoms with Gasteiger partial charge in [-0.2, -0.15) is 5.10 Å². The third kappa shape index (κ3) is 5.44. The second kappa shape index (κ2) is 11.1. The topological polar surface area (TPSA) is 136 Å². The molecule has 2 aromatic carbocycles. The van der Waals surface area contributed by atoms with Crippen molar-refractivity contribution < 1.29 is 19.4 Å². The van der Waals surface area contributed by atoms with Gasteiger partial charge in [-0.25, -0.2) is 4.98 Å². The van der Waals surface area contributed by atoms with E-state index in [1.54, 1.807) is 6.20 Å². The average molecular weight is 533 g/mol. The Bertz CT molecular complexity index is 1560. The van der Waals surface area contributed by atoms with E-state index in [0.717, 1.165) is 57.6 Å². The zero-order valence-electron chi connectivity index (χ0n) is 21.0. The van der Waals surface area contributed by atoms with Crippen LogP contribution < -0.4 is 5.32 Å². The molecule has 1 aliphatic heterocycles. The summed E-state index contributed by atoms with van der Waals surface area (Å²) in [5.41, 5.74) is 5.14. The largest absolute Gasteiger partial charge is 0.483 e. The van der Waals surface area contributed by atoms with Crippen LogP contribution in [0.25, 0.3) is 32.9 Å². The van der Waals surface area contributed by atoms with Gasteiger partial charge in [0.05, 0.1) is 36.2 Å². The minimum atomic E-state index is -0.250. The van der Waals surface area contributed by atoms with Gasteiger partial charge in [0.1, 0.15) is 10.7 Å². The number of morpholine rings is 1. The van der Waals surface area contributed by atoms with Gasteiger partial charge in [-0.15, -0.1) is 11.3 Å². The van der Waals surface area contributed by atoms with Gasteiger partial charge >= 0.3 is 0 Å². The highest BCUT2D eigenvalue weighted by Gasteiger charge is 2.23. The molecule has 3 aromatic heterocycles. The number of aromatic nitrogens is 4. The number of hydrogen-bond acceptors (Lipinski definition) is 7. The number of fused-ring (bicyclic) bond motifs is 2. The second-order valence-corrected chi connectivity index (χ2v) is 10.2. The number of carbonyl (C=O) groups excluding carboxylic acids is 1. The molecule has 5 aromatic rings. The lowest BCUT2D eigenvalue weighted by Gasteiger charge is -2.34. The number of nitrogens with one attached hydrogen (secondary N) is 3. The Morgan fingerprint density at radius 1 is 1.21 bits per heavy atom. The first-order valence-corrected chi connectivity index (χ1v) is 13.1. The SMILES string of the molecule is C[C@@H]1CN(Cc2nc(C(=O)Nc3cc(-c4cccc5[nH]ccc45)cc4[nH]ncc34)cs2)C[C@H](C)O1.O=CO. The number of amides is 1. The second-order valence-electron chi connectivity index (χ2n) is 9.24. The fraction of sp³-hybridized carbons (Fsp3) is 0.259. The fourth-order valence-corrected chi connectivity index (χ4v) is 5.74. The number of carboxylic acid groups (broad SMARTS) is 1. The van der Waals surface area contributed by atoms with E-state index in [0.29, 0.717) is 11.4 Å². The smallest absolute Gasteiger partial charge is 0.290 e. The molecule has 2 atom stereocenters. The Balaban J connectivity index is 0.000000937. The molecule has 4 heterocycles. The van der Waals surface area contributed by atoms with Crippen LogP contribution in [0.3, 0.4) is 0 Å². The van der Waals surface area contributed by atoms with E-state index in [-0.39, 0.29) is 24.6 Å². The molecule has 38 heavy (non-hydrogen) atoms. The number of thiazole rings is 1. The molecule has 0 spiro atoms. The van der Waals surface area contributed by atoms with E-state index in [1.165, 1.54) is 11.3 Å². The molecule has 0 radical (unpaired) electrons. The molecule has 10 nitrogen and oxygen atoms in total. The van der Waals surface area contributed by atoms with Gasteiger partial charge in [0.2, 0.25) is 0 Å². The van der Waals surface area contributed by atoms with Crippen LogP contribution in [0.2, 0.25) is 0 Å². The number of H-pyrrole nitrogens is 2. The van der Waals surface area contributed by atoms with Crippen LogP contribution in [-0.2, 0) is 16.1 Å². The minimum absolute atomic E-state index is 0.197. The Morgan fingerprint density at radius 2 is 2.00 bits per heavy atom. The predicted octanol–water partition coefficient (Wildman–Crippen LogP) is 4.73. The molecule has 196 valence electrons. The van der Waals surface area contributed by atoms with E-state index < -0.39 is 0 Å². The number of nitrogens with zero attached hydrogens (tertiary/aromatic N) is 3. The van der Waals surface area contributed by atoms with E-state index in [4.69, 9.17) is 14.6 Å². The van der Waals surface area contributed by atoms with E-state index in [2.05, 4.69) is 62.4 Å². The Kier molecular flexibility index (Phi) is 7.50. The lowest BCUT2D eigenvalue weighted by molar-refractivity contribution is -0.122. The molecular weight excluding hydrogens is 504 g/mol. The van der Waals surface area contributed by atoms with Gasteiger partial charge in [-0.1, -0.05) is 12.1 Å². The summed E-state index contributed by atoms with van der Waals surface area (Å²) in [7, 11) is 0. The molecule has 1 fully saturated rings. The fourth-order valence-electron chi connectivity index (χ4n) is 4.93. The van der Waals surface area contributed by atoms with Gasteiger partial charge in [-0.05, 0) is 49.2 Å². The highest BCUT2D eigenvalue weighted by atomic mass is 32.1. The quantitative estimate of drug-likeness (QED) is 0.240. The molecule has 0 saturated carbocycles. The van der Waals surface area contributed by atoms with Gasteiger partial charge in [0.25, 0.3) is 12.4 Å². The zero-order chi connectivity index (χ0) is 26.6. The Labute approximate surface area is 222 Å². The summed E-state index contributed by atoms with van der Waals surface area (Å²) in [5.74, 6) is -0.226. The zero-order valence-corrected chi connectivity index (χ0v) is 21.8. The van der Waals surface area contributed by atoms with Crippen LogP contribution in [0.5, 0.6) is 0 Å². The normalized spacial score (nSPS) is 17.7. The Hall–Kier alpha value is -4.06. The van der Waals surface area contributed by atoms with Crippen LogP contribution in [0.15, 0.2) is 54.2 Å². The molecule has 1 amide bonds. The molecule has 0 unspecified atom stereocenters. The van der Waals surface area contributed by atoms with Crippen LogP contribution in [0.4, 0.5) is 5.69 Å². The summed E-state index contributed by atoms with van der Waals surface area (Å²) in [5, 5.41) is 21.9. The first-order valence-electron chi connectivity index (χ1n) is 12.2. The third-order valence-corrected chi connectivity index (χ3v) is 7.18. The lowest BCUT2D eigenvalue weighted by Crippen LogP contribution is -2.44. The van der Waals surface area contributed by atoms with Crippen molar-refractivity contribution in [2.24, 2.45) is 0 Å². The molecule has 0 aliphatic carbocycles. The summed E-state index contributed by atoms with van der Waals surface area (Å²) in [6.07, 6.45) is 4.06. The molecule has 1 saturated heterocycles. The molecule has 0 bridgehead atoms. The van der Waals surface area contributed by atoms with Crippen molar-refractivity contribution in [3.63, 3.8) is 0 Å². The highest BCUT2D eigenvalue weighted by molar-refractivity contribution is 7.09. The predicted molar refractivity (Wildman–Crippen MR) is 147 cm³/mol. The standard InChI is InChI=1S/C26H26N6O2S.CH2O2/c1-15-11-32(12-16(2)34-15)13-25-29-24(14-35-25)26(33)30-22-8-17(9-23-20(22)10-28-31-23)18-4-3-5-21-19(18)6-7-27-21;2-1-3/h3-10,14-16,27H,11-13H2,1-2H3,(H,28,31)(H,30,33);1H,(H,2,3)/t15-,16+;. The van der Waals surface area contributed by atoms with Crippen LogP contribution in [-0.4, -0.2) is 67.8 Å². The van der Waals surface area contributed by atoms with Gasteiger partial charge in [-0.3, -0.25) is 19.6 Å². The van der Waals surface area contributed by atoms with Crippen LogP contribution >= 0.6 is 11.3 Å². The molecule has 11 heteroatoms. The average Bonchev–Trinajstić information content (AvgIpc) is 3.64. The van der Waals surface area contributed by atoms with Crippen molar-refractivity contribution in [1.29, 1.82) is 0 Å². The number of carbonyl (C=O) groups is 2. The van der Waals surface area contributed by atoms with Crippen LogP contribution in [0, 0.1) is 0 Å². The minimum Gasteiger partial charge on any atom is -0.483 e. The van der Waals surface area contributed by atoms with Crippen molar-refractivity contribution in [2.45, 2.75) is 32.6 Å². The Morgan fingerprint density at radius 3 is 2.79 bits per heavy atom. The summed E-state index contributed by atoms with van der Waals surface area (Å²) in [6, 6.07) is 12.3. The van der Waals surface area contributed by atoms with Crippen molar-refractivity contribution in [3.05, 3.63) is 64.9 Å². The van der Waals surface area contributed by atoms with Crippen molar-refractivity contribution >= 4 is 51.2 Å². The van der Waals surface area contributed by atoms with Crippen molar-refractivity contribution in [3.8, 4) is 11.1 Å². The molecule has 4 N–H and O–H groups in total. The maximum absolute atomic E-state index is 13.2. The summed E-state index contributed by atoms with van der Waals surface area (Å²) >= 11 is 1.52. The maximum Gasteiger partial charge on any atom is 0.290 e. The van der Waals surface area contributed by atoms with Crippen molar-refractivity contribution in [2.75, 3.05) is 18.4 Å². The van der Waals surface area contributed by atoms with Gasteiger partial charge in [0.15, 0.2) is 0 Å². The first kappa shape index (κ1) is 25.6. The maximum atomic E-state index is 13.2. The van der Waals surface area contributed by atoms with E-state index in [9.17, 15) is 4.79 Å². The van der Waals surface area contributed by atoms with Crippen LogP contribution in [0.1, 0.15) is 29.3 Å². The number of ether oxygens (including phenoxy) is 1. The lowest BCUT2D eigenvalue weighted by atomic mass is 9.99. The molecule has 6 rings (SSSR count). The highest BCUT2D eigenvalue weighted by Crippen LogP contribution is 2.34. The first-order chi connectivity index (χ1) is 18.4. The summed E-state index contributed by atoms with van der Waals surface area (Å²) in [4.78, 5) is 31.8. The van der Waals surface area contributed by atoms with Gasteiger partial charge in [0, 0.05) is 41.0 Å². The monoisotopic (exact) mass is 532 g/mol. The molecular formula is C27H28N6O4S. The summed E-state index contributed by atoms with van der Waals surface area (Å²) in [6.45, 7) is 6.38. The van der Waals surface area contributed by atoms with Gasteiger partial charge < -0.3 is 20.1 Å². The third-order valence-electron chi connectivity index (χ3n) is 6.35. The number of hydrogen-bond donors (Lipinski definition) is 4. The number of rotatable bonds is 5. The number of benzene rings is 2. The number of anilines is 1. The number of aromatic amines is 2. The van der Waals surface area contributed by atoms with E-state index >= 15 is 0 Å². The van der Waals surface area contributed by atoms with Crippen molar-refractivity contribution in [1.82, 2.24) is 25.1 Å². The summed E-state index contributed by atoms with van der Waals surface area (Å²) < 4.78 is 5.82. The molecule has 1 aliphatic rings.